The van der Waals surface area contributed by atoms with Gasteiger partial charge in [-0.2, -0.15) is 0 Å². The van der Waals surface area contributed by atoms with E-state index in [0.717, 1.165) is 17.7 Å². The fourth-order valence-electron chi connectivity index (χ4n) is 2.13. The van der Waals surface area contributed by atoms with Crippen LogP contribution in [0.5, 0.6) is 0 Å². The van der Waals surface area contributed by atoms with Gasteiger partial charge in [0.05, 0.1) is 0 Å². The molecule has 2 amide bonds. The van der Waals surface area contributed by atoms with Gasteiger partial charge >= 0.3 is 0 Å². The molecular formula is C16H25NO2. The minimum Gasteiger partial charge on any atom is -0.269 e. The maximum atomic E-state index is 11.2. The number of unbranched alkanes of at least 4 members (excludes halogenated alkanes) is 8. The summed E-state index contributed by atoms with van der Waals surface area (Å²) in [6.07, 6.45) is 17.4. The van der Waals surface area contributed by atoms with Gasteiger partial charge in [-0.1, -0.05) is 57.9 Å². The topological polar surface area (TPSA) is 37.4 Å². The summed E-state index contributed by atoms with van der Waals surface area (Å²) in [5, 5.41) is 0. The smallest absolute Gasteiger partial charge is 0.257 e. The normalized spacial score (nSPS) is 15.1. The molecule has 0 N–H and O–H groups in total. The molecule has 1 rings (SSSR count). The van der Waals surface area contributed by atoms with Crippen LogP contribution in [0, 0.1) is 0 Å². The fraction of sp³-hybridized carbons (Fsp3) is 0.625. The molecule has 0 bridgehead atoms. The lowest BCUT2D eigenvalue weighted by Crippen LogP contribution is -2.23. The number of allylic oxidation sites excluding steroid dienone is 1. The lowest BCUT2D eigenvalue weighted by atomic mass is 10.1. The molecule has 0 saturated heterocycles. The third-order valence-electron chi connectivity index (χ3n) is 3.32. The first kappa shape index (κ1) is 15.7. The maximum Gasteiger partial charge on any atom is 0.257 e. The van der Waals surface area contributed by atoms with Crippen LogP contribution >= 0.6 is 0 Å². The number of hydrogen-bond donors (Lipinski definition) is 0. The number of imide groups is 1. The average molecular weight is 263 g/mol. The Morgan fingerprint density at radius 1 is 0.895 bits per heavy atom. The second-order valence-electron chi connectivity index (χ2n) is 5.03. The molecule has 0 spiro atoms. The molecule has 106 valence electrons. The predicted molar refractivity (Wildman–Crippen MR) is 77.4 cm³/mol. The Hall–Kier alpha value is -1.38. The summed E-state index contributed by atoms with van der Waals surface area (Å²) in [5.41, 5.74) is 0. The van der Waals surface area contributed by atoms with Gasteiger partial charge < -0.3 is 0 Å². The largest absolute Gasteiger partial charge is 0.269 e. The predicted octanol–water partition coefficient (Wildman–Crippen LogP) is 3.96. The van der Waals surface area contributed by atoms with Gasteiger partial charge in [0.1, 0.15) is 0 Å². The molecule has 3 nitrogen and oxygen atoms in total. The Labute approximate surface area is 116 Å². The van der Waals surface area contributed by atoms with Crippen molar-refractivity contribution in [2.24, 2.45) is 0 Å². The van der Waals surface area contributed by atoms with E-state index >= 15 is 0 Å². The highest BCUT2D eigenvalue weighted by Gasteiger charge is 2.19. The Bertz CT molecular complexity index is 327. The first-order valence-electron chi connectivity index (χ1n) is 7.47. The highest BCUT2D eigenvalue weighted by atomic mass is 16.2. The van der Waals surface area contributed by atoms with E-state index in [1.807, 2.05) is 6.08 Å². The van der Waals surface area contributed by atoms with Gasteiger partial charge in [-0.25, -0.2) is 0 Å². The van der Waals surface area contributed by atoms with Crippen molar-refractivity contribution >= 4 is 11.8 Å². The summed E-state index contributed by atoms with van der Waals surface area (Å²) in [5.74, 6) is -0.477. The highest BCUT2D eigenvalue weighted by molar-refractivity contribution is 6.13. The van der Waals surface area contributed by atoms with E-state index in [1.54, 1.807) is 6.20 Å². The van der Waals surface area contributed by atoms with Crippen LogP contribution in [0.15, 0.2) is 24.4 Å². The van der Waals surface area contributed by atoms with Crippen LogP contribution < -0.4 is 0 Å². The molecule has 3 heteroatoms. The zero-order chi connectivity index (χ0) is 13.9. The van der Waals surface area contributed by atoms with Crippen LogP contribution in [0.25, 0.3) is 0 Å². The molecule has 1 aliphatic heterocycles. The molecule has 0 unspecified atom stereocenters. The van der Waals surface area contributed by atoms with Crippen molar-refractivity contribution in [2.45, 2.75) is 64.7 Å². The number of hydrogen-bond acceptors (Lipinski definition) is 2. The summed E-state index contributed by atoms with van der Waals surface area (Å²) in [6, 6.07) is 0. The maximum absolute atomic E-state index is 11.2. The third-order valence-corrected chi connectivity index (χ3v) is 3.32. The first-order chi connectivity index (χ1) is 9.25. The number of nitrogens with zero attached hydrogens (tertiary/aromatic N) is 1. The number of amides is 2. The van der Waals surface area contributed by atoms with E-state index in [2.05, 4.69) is 6.92 Å². The fourth-order valence-corrected chi connectivity index (χ4v) is 2.13. The Balaban J connectivity index is 1.96. The van der Waals surface area contributed by atoms with Gasteiger partial charge in [-0.15, -0.1) is 0 Å². The molecule has 0 aromatic heterocycles. The van der Waals surface area contributed by atoms with Crippen molar-refractivity contribution < 1.29 is 9.59 Å². The van der Waals surface area contributed by atoms with Crippen LogP contribution in [-0.2, 0) is 9.59 Å². The van der Waals surface area contributed by atoms with Crippen molar-refractivity contribution in [1.29, 1.82) is 0 Å². The zero-order valence-corrected chi connectivity index (χ0v) is 11.9. The van der Waals surface area contributed by atoms with Gasteiger partial charge in [-0.05, 0) is 12.8 Å². The van der Waals surface area contributed by atoms with Crippen molar-refractivity contribution in [3.05, 3.63) is 24.4 Å². The molecule has 0 aromatic carbocycles. The minimum absolute atomic E-state index is 0.239. The zero-order valence-electron chi connectivity index (χ0n) is 11.9. The molecule has 0 atom stereocenters. The van der Waals surface area contributed by atoms with E-state index in [-0.39, 0.29) is 11.8 Å². The Kier molecular flexibility index (Phi) is 7.87. The Morgan fingerprint density at radius 3 is 2.00 bits per heavy atom. The third kappa shape index (κ3) is 6.37. The van der Waals surface area contributed by atoms with E-state index in [0.29, 0.717) is 0 Å². The first-order valence-corrected chi connectivity index (χ1v) is 7.47. The quantitative estimate of drug-likeness (QED) is 0.442. The second kappa shape index (κ2) is 9.54. The van der Waals surface area contributed by atoms with Gasteiger partial charge in [0.15, 0.2) is 0 Å². The lowest BCUT2D eigenvalue weighted by Gasteiger charge is -2.06. The van der Waals surface area contributed by atoms with Crippen LogP contribution in [0.4, 0.5) is 0 Å². The molecule has 0 radical (unpaired) electrons. The number of rotatable bonds is 10. The SMILES string of the molecule is CCCCCCCCCC/C=C/N1C(=O)C=CC1=O. The molecule has 1 aliphatic rings. The average Bonchev–Trinajstić information content (AvgIpc) is 2.72. The summed E-state index contributed by atoms with van der Waals surface area (Å²) in [4.78, 5) is 23.6. The van der Waals surface area contributed by atoms with Crippen molar-refractivity contribution in [3.8, 4) is 0 Å². The van der Waals surface area contributed by atoms with Gasteiger partial charge in [0, 0.05) is 18.4 Å². The minimum atomic E-state index is -0.239. The van der Waals surface area contributed by atoms with Gasteiger partial charge in [-0.3, -0.25) is 14.5 Å². The van der Waals surface area contributed by atoms with Crippen molar-refractivity contribution in [1.82, 2.24) is 4.90 Å². The standard InChI is InChI=1S/C16H25NO2/c1-2-3-4-5-6-7-8-9-10-11-14-17-15(18)12-13-16(17)19/h11-14H,2-10H2,1H3/b14-11+. The lowest BCUT2D eigenvalue weighted by molar-refractivity contribution is -0.133. The van der Waals surface area contributed by atoms with E-state index in [4.69, 9.17) is 0 Å². The highest BCUT2D eigenvalue weighted by Crippen LogP contribution is 2.10. The van der Waals surface area contributed by atoms with E-state index < -0.39 is 0 Å². The van der Waals surface area contributed by atoms with Gasteiger partial charge in [0.2, 0.25) is 0 Å². The van der Waals surface area contributed by atoms with E-state index in [1.165, 1.54) is 57.1 Å². The number of carbonyl (C=O) groups is 2. The molecule has 1 heterocycles. The summed E-state index contributed by atoms with van der Waals surface area (Å²) in [6.45, 7) is 2.23. The Morgan fingerprint density at radius 2 is 1.42 bits per heavy atom. The van der Waals surface area contributed by atoms with E-state index in [9.17, 15) is 9.59 Å². The monoisotopic (exact) mass is 263 g/mol. The number of carbonyl (C=O) groups excluding carboxylic acids is 2. The van der Waals surface area contributed by atoms with Crippen LogP contribution in [0.3, 0.4) is 0 Å². The molecular weight excluding hydrogens is 238 g/mol. The van der Waals surface area contributed by atoms with Gasteiger partial charge in [0.25, 0.3) is 11.8 Å². The molecule has 19 heavy (non-hydrogen) atoms. The molecule has 0 fully saturated rings. The summed E-state index contributed by atoms with van der Waals surface area (Å²) >= 11 is 0. The van der Waals surface area contributed by atoms with Crippen LogP contribution in [0.2, 0.25) is 0 Å². The summed E-state index contributed by atoms with van der Waals surface area (Å²) < 4.78 is 0. The van der Waals surface area contributed by atoms with Crippen molar-refractivity contribution in [3.63, 3.8) is 0 Å². The molecule has 0 aromatic rings. The molecule has 0 saturated carbocycles. The molecule has 0 aliphatic carbocycles. The van der Waals surface area contributed by atoms with Crippen LogP contribution in [0.1, 0.15) is 64.7 Å². The second-order valence-corrected chi connectivity index (χ2v) is 5.03. The summed E-state index contributed by atoms with van der Waals surface area (Å²) in [7, 11) is 0. The van der Waals surface area contributed by atoms with Crippen LogP contribution in [-0.4, -0.2) is 16.7 Å². The van der Waals surface area contributed by atoms with Crippen molar-refractivity contribution in [2.75, 3.05) is 0 Å².